The summed E-state index contributed by atoms with van der Waals surface area (Å²) in [5.74, 6) is 1.59. The van der Waals surface area contributed by atoms with Crippen molar-refractivity contribution in [2.75, 3.05) is 56.1 Å². The van der Waals surface area contributed by atoms with E-state index < -0.39 is 0 Å². The van der Waals surface area contributed by atoms with Crippen molar-refractivity contribution in [3.63, 3.8) is 0 Å². The number of nitrogens with zero attached hydrogens (tertiary/aromatic N) is 5. The quantitative estimate of drug-likeness (QED) is 0.177. The Morgan fingerprint density at radius 3 is 2.62 bits per heavy atom. The van der Waals surface area contributed by atoms with Crippen molar-refractivity contribution in [2.24, 2.45) is 0 Å². The Kier molecular flexibility index (Phi) is 8.67. The molecule has 0 atom stereocenters. The number of rotatable bonds is 10. The molecule has 0 aliphatic carbocycles. The number of morpholine rings is 1. The second kappa shape index (κ2) is 13.5. The fourth-order valence-corrected chi connectivity index (χ4v) is 6.35. The minimum absolute atomic E-state index is 0.128. The molecule has 0 bridgehead atoms. The van der Waals surface area contributed by atoms with Crippen LogP contribution in [0, 0.1) is 0 Å². The standard InChI is InChI=1S/C35H33N7O4S/c1-44-28-10-11-30(45-2)24(21-28)22-31(43)37-26-5-3-4-23(20-26)32-33(42-16-19-47-35(42)40-32)29-12-13-36-34(39-29)38-25-6-8-27(9-7-25)41-14-17-46-18-15-41/h3-13,16,19-21H,14-15,17-18,22H2,1-2H3,(H,37,43)(H,36,38,39). The van der Waals surface area contributed by atoms with Crippen molar-refractivity contribution < 1.29 is 19.0 Å². The molecular formula is C35H33N7O4S. The van der Waals surface area contributed by atoms with Crippen molar-refractivity contribution in [2.45, 2.75) is 6.42 Å². The fraction of sp³-hybridized carbons (Fsp3) is 0.200. The second-order valence-electron chi connectivity index (χ2n) is 10.9. The van der Waals surface area contributed by atoms with Gasteiger partial charge in [-0.15, -0.1) is 11.3 Å². The van der Waals surface area contributed by atoms with Crippen LogP contribution in [0.2, 0.25) is 0 Å². The van der Waals surface area contributed by atoms with Crippen LogP contribution in [0.1, 0.15) is 5.56 Å². The summed E-state index contributed by atoms with van der Waals surface area (Å²) in [6.07, 6.45) is 3.85. The number of methoxy groups -OCH3 is 2. The van der Waals surface area contributed by atoms with E-state index in [1.165, 1.54) is 0 Å². The second-order valence-corrected chi connectivity index (χ2v) is 11.8. The highest BCUT2D eigenvalue weighted by Crippen LogP contribution is 2.35. The van der Waals surface area contributed by atoms with Crippen molar-refractivity contribution in [3.8, 4) is 34.1 Å². The lowest BCUT2D eigenvalue weighted by atomic mass is 10.1. The number of anilines is 4. The Morgan fingerprint density at radius 2 is 1.81 bits per heavy atom. The Bertz CT molecular complexity index is 2020. The first-order chi connectivity index (χ1) is 23.1. The van der Waals surface area contributed by atoms with E-state index in [0.717, 1.165) is 65.2 Å². The molecule has 238 valence electrons. The normalized spacial score (nSPS) is 13.0. The van der Waals surface area contributed by atoms with Crippen molar-refractivity contribution in [1.82, 2.24) is 19.4 Å². The van der Waals surface area contributed by atoms with Gasteiger partial charge in [0, 0.05) is 59.1 Å². The number of imidazole rings is 1. The molecule has 3 aromatic carbocycles. The number of ether oxygens (including phenoxy) is 3. The number of hydrogen-bond donors (Lipinski definition) is 2. The highest BCUT2D eigenvalue weighted by molar-refractivity contribution is 7.15. The average Bonchev–Trinajstić information content (AvgIpc) is 3.71. The molecule has 7 rings (SSSR count). The van der Waals surface area contributed by atoms with Gasteiger partial charge < -0.3 is 29.7 Å². The largest absolute Gasteiger partial charge is 0.497 e. The molecule has 1 fully saturated rings. The molecular weight excluding hydrogens is 614 g/mol. The summed E-state index contributed by atoms with van der Waals surface area (Å²) in [6, 6.07) is 23.2. The maximum absolute atomic E-state index is 13.1. The third-order valence-electron chi connectivity index (χ3n) is 7.92. The van der Waals surface area contributed by atoms with Crippen LogP contribution in [0.4, 0.5) is 23.0 Å². The summed E-state index contributed by atoms with van der Waals surface area (Å²) in [7, 11) is 3.18. The summed E-state index contributed by atoms with van der Waals surface area (Å²) >= 11 is 1.54. The molecule has 1 saturated heterocycles. The predicted octanol–water partition coefficient (Wildman–Crippen LogP) is 6.30. The van der Waals surface area contributed by atoms with Gasteiger partial charge >= 0.3 is 0 Å². The van der Waals surface area contributed by atoms with E-state index in [0.29, 0.717) is 28.8 Å². The van der Waals surface area contributed by atoms with Gasteiger partial charge in [-0.25, -0.2) is 15.0 Å². The van der Waals surface area contributed by atoms with Crippen LogP contribution in [-0.2, 0) is 16.0 Å². The highest BCUT2D eigenvalue weighted by Gasteiger charge is 2.20. The van der Waals surface area contributed by atoms with E-state index in [4.69, 9.17) is 24.2 Å². The molecule has 1 aliphatic rings. The first kappa shape index (κ1) is 30.2. The summed E-state index contributed by atoms with van der Waals surface area (Å²) in [6.45, 7) is 3.26. The van der Waals surface area contributed by atoms with E-state index >= 15 is 0 Å². The molecule has 0 unspecified atom stereocenters. The maximum Gasteiger partial charge on any atom is 0.228 e. The van der Waals surface area contributed by atoms with Crippen LogP contribution in [-0.4, -0.2) is 65.8 Å². The van der Waals surface area contributed by atoms with Crippen molar-refractivity contribution >= 4 is 45.2 Å². The monoisotopic (exact) mass is 647 g/mol. The molecule has 11 nitrogen and oxygen atoms in total. The first-order valence-corrected chi connectivity index (χ1v) is 16.1. The van der Waals surface area contributed by atoms with Crippen molar-refractivity contribution in [1.29, 1.82) is 0 Å². The summed E-state index contributed by atoms with van der Waals surface area (Å²) in [4.78, 5) is 30.6. The van der Waals surface area contributed by atoms with Crippen LogP contribution < -0.4 is 25.0 Å². The molecule has 0 saturated carbocycles. The Labute approximate surface area is 275 Å². The number of thiazole rings is 1. The van der Waals surface area contributed by atoms with Gasteiger partial charge in [0.2, 0.25) is 11.9 Å². The van der Waals surface area contributed by atoms with Crippen LogP contribution in [0.25, 0.3) is 27.6 Å². The van der Waals surface area contributed by atoms with Gasteiger partial charge in [0.05, 0.1) is 45.2 Å². The lowest BCUT2D eigenvalue weighted by Gasteiger charge is -2.28. The summed E-state index contributed by atoms with van der Waals surface area (Å²) in [5.41, 5.74) is 6.59. The van der Waals surface area contributed by atoms with Gasteiger partial charge in [-0.1, -0.05) is 12.1 Å². The topological polar surface area (TPSA) is 115 Å². The third kappa shape index (κ3) is 6.60. The lowest BCUT2D eigenvalue weighted by Crippen LogP contribution is -2.36. The average molecular weight is 648 g/mol. The van der Waals surface area contributed by atoms with E-state index in [2.05, 4.69) is 32.7 Å². The zero-order valence-electron chi connectivity index (χ0n) is 26.0. The Hall–Kier alpha value is -5.46. The van der Waals surface area contributed by atoms with Gasteiger partial charge in [-0.2, -0.15) is 0 Å². The van der Waals surface area contributed by atoms with E-state index in [1.54, 1.807) is 43.9 Å². The van der Waals surface area contributed by atoms with Gasteiger partial charge in [-0.3, -0.25) is 9.20 Å². The number of fused-ring (bicyclic) bond motifs is 1. The predicted molar refractivity (Wildman–Crippen MR) is 184 cm³/mol. The molecule has 1 amide bonds. The molecule has 6 aromatic rings. The first-order valence-electron chi connectivity index (χ1n) is 15.2. The number of aromatic nitrogens is 4. The molecule has 47 heavy (non-hydrogen) atoms. The van der Waals surface area contributed by atoms with Crippen LogP contribution in [0.15, 0.2) is 90.6 Å². The summed E-state index contributed by atoms with van der Waals surface area (Å²) < 4.78 is 18.3. The van der Waals surface area contributed by atoms with Crippen molar-refractivity contribution in [3.05, 3.63) is 96.1 Å². The zero-order chi connectivity index (χ0) is 32.2. The molecule has 12 heteroatoms. The van der Waals surface area contributed by atoms with Crippen LogP contribution in [0.3, 0.4) is 0 Å². The van der Waals surface area contributed by atoms with E-state index in [-0.39, 0.29) is 12.3 Å². The Morgan fingerprint density at radius 1 is 0.957 bits per heavy atom. The summed E-state index contributed by atoms with van der Waals surface area (Å²) in [5, 5.41) is 8.37. The molecule has 3 aromatic heterocycles. The number of carbonyl (C=O) groups is 1. The van der Waals surface area contributed by atoms with Gasteiger partial charge in [0.25, 0.3) is 0 Å². The lowest BCUT2D eigenvalue weighted by molar-refractivity contribution is -0.115. The highest BCUT2D eigenvalue weighted by atomic mass is 32.1. The Balaban J connectivity index is 1.13. The number of amides is 1. The molecule has 4 heterocycles. The van der Waals surface area contributed by atoms with E-state index in [1.807, 2.05) is 64.5 Å². The number of nitrogens with one attached hydrogen (secondary N) is 2. The van der Waals surface area contributed by atoms with E-state index in [9.17, 15) is 4.79 Å². The van der Waals surface area contributed by atoms with Crippen LogP contribution >= 0.6 is 11.3 Å². The smallest absolute Gasteiger partial charge is 0.228 e. The number of hydrogen-bond acceptors (Lipinski definition) is 10. The van der Waals surface area contributed by atoms with Gasteiger partial charge in [0.1, 0.15) is 17.2 Å². The minimum atomic E-state index is -0.177. The minimum Gasteiger partial charge on any atom is -0.497 e. The molecule has 0 radical (unpaired) electrons. The molecule has 1 aliphatic heterocycles. The SMILES string of the molecule is COc1ccc(OC)c(CC(=O)Nc2cccc(-c3nc4sccn4c3-c3ccnc(Nc4ccc(N5CCOCC5)cc4)n3)c2)c1. The van der Waals surface area contributed by atoms with Gasteiger partial charge in [-0.05, 0) is 60.7 Å². The number of carbonyl (C=O) groups excluding carboxylic acids is 1. The zero-order valence-corrected chi connectivity index (χ0v) is 26.8. The fourth-order valence-electron chi connectivity index (χ4n) is 5.63. The van der Waals surface area contributed by atoms with Gasteiger partial charge in [0.15, 0.2) is 4.96 Å². The van der Waals surface area contributed by atoms with Crippen LogP contribution in [0.5, 0.6) is 11.5 Å². The number of benzene rings is 3. The molecule has 2 N–H and O–H groups in total. The molecule has 0 spiro atoms. The third-order valence-corrected chi connectivity index (χ3v) is 8.67. The maximum atomic E-state index is 13.1.